The van der Waals surface area contributed by atoms with Crippen LogP contribution in [0.1, 0.15) is 5.56 Å². The van der Waals surface area contributed by atoms with E-state index in [1.54, 1.807) is 18.2 Å². The summed E-state index contributed by atoms with van der Waals surface area (Å²) in [5, 5.41) is 12.5. The van der Waals surface area contributed by atoms with E-state index in [1.807, 2.05) is 0 Å². The molecule has 80 valence electrons. The van der Waals surface area contributed by atoms with Crippen LogP contribution in [0.5, 0.6) is 0 Å². The zero-order valence-corrected chi connectivity index (χ0v) is 9.00. The first-order chi connectivity index (χ1) is 7.09. The average molecular weight is 248 g/mol. The summed E-state index contributed by atoms with van der Waals surface area (Å²) in [7, 11) is 0. The fraction of sp³-hybridized carbons (Fsp3) is 0.111. The number of rotatable bonds is 4. The molecule has 0 atom stereocenters. The monoisotopic (exact) mass is 247 g/mol. The number of aliphatic carboxylic acids is 1. The highest BCUT2D eigenvalue weighted by Gasteiger charge is 2.01. The van der Waals surface area contributed by atoms with Crippen molar-refractivity contribution >= 4 is 35.4 Å². The standard InChI is InChI=1S/C9H7Cl2NO3/c10-7-1-2-8(11)6(3-7)5-15-12-4-9(13)14/h1-4H,5H2,(H,13,14)/b12-4+. The molecule has 0 spiro atoms. The summed E-state index contributed by atoms with van der Waals surface area (Å²) < 4.78 is 0. The lowest BCUT2D eigenvalue weighted by atomic mass is 10.2. The van der Waals surface area contributed by atoms with Gasteiger partial charge in [0.1, 0.15) is 6.61 Å². The summed E-state index contributed by atoms with van der Waals surface area (Å²) >= 11 is 11.6. The first kappa shape index (κ1) is 11.8. The summed E-state index contributed by atoms with van der Waals surface area (Å²) in [4.78, 5) is 14.8. The van der Waals surface area contributed by atoms with Crippen molar-refractivity contribution in [3.05, 3.63) is 33.8 Å². The van der Waals surface area contributed by atoms with E-state index in [9.17, 15) is 4.79 Å². The van der Waals surface area contributed by atoms with Gasteiger partial charge in [0.05, 0.1) is 0 Å². The minimum absolute atomic E-state index is 0.0726. The number of oxime groups is 1. The molecule has 0 aliphatic carbocycles. The van der Waals surface area contributed by atoms with Crippen molar-refractivity contribution in [2.75, 3.05) is 0 Å². The van der Waals surface area contributed by atoms with Crippen LogP contribution in [0.15, 0.2) is 23.4 Å². The van der Waals surface area contributed by atoms with Gasteiger partial charge in [-0.1, -0.05) is 28.4 Å². The second kappa shape index (κ2) is 5.58. The van der Waals surface area contributed by atoms with Crippen molar-refractivity contribution in [2.45, 2.75) is 6.61 Å². The zero-order valence-electron chi connectivity index (χ0n) is 7.48. The van der Waals surface area contributed by atoms with E-state index in [-0.39, 0.29) is 6.61 Å². The maximum atomic E-state index is 10.1. The second-order valence-corrected chi connectivity index (χ2v) is 3.43. The first-order valence-electron chi connectivity index (χ1n) is 3.92. The number of carboxylic acids is 1. The van der Waals surface area contributed by atoms with Gasteiger partial charge in [0.25, 0.3) is 0 Å². The smallest absolute Gasteiger partial charge is 0.350 e. The molecule has 0 bridgehead atoms. The summed E-state index contributed by atoms with van der Waals surface area (Å²) in [6, 6.07) is 4.90. The van der Waals surface area contributed by atoms with Crippen LogP contribution in [0.2, 0.25) is 10.0 Å². The van der Waals surface area contributed by atoms with Crippen molar-refractivity contribution in [2.24, 2.45) is 5.16 Å². The molecule has 1 N–H and O–H groups in total. The van der Waals surface area contributed by atoms with E-state index in [1.165, 1.54) is 0 Å². The van der Waals surface area contributed by atoms with Crippen molar-refractivity contribution < 1.29 is 14.7 Å². The van der Waals surface area contributed by atoms with Crippen LogP contribution in [-0.2, 0) is 16.2 Å². The Bertz CT molecular complexity index is 393. The highest BCUT2D eigenvalue weighted by Crippen LogP contribution is 2.21. The Hall–Kier alpha value is -1.26. The SMILES string of the molecule is O=C(O)/C=N/OCc1cc(Cl)ccc1Cl. The maximum Gasteiger partial charge on any atom is 0.350 e. The summed E-state index contributed by atoms with van der Waals surface area (Å²) in [5.74, 6) is -1.17. The predicted octanol–water partition coefficient (Wildman–Crippen LogP) is 2.58. The lowest BCUT2D eigenvalue weighted by molar-refractivity contribution is -0.129. The molecule has 1 rings (SSSR count). The maximum absolute atomic E-state index is 10.1. The molecule has 0 aliphatic rings. The van der Waals surface area contributed by atoms with Gasteiger partial charge in [-0.15, -0.1) is 0 Å². The third-order valence-electron chi connectivity index (χ3n) is 1.47. The Morgan fingerprint density at radius 3 is 2.93 bits per heavy atom. The lowest BCUT2D eigenvalue weighted by Gasteiger charge is -2.02. The van der Waals surface area contributed by atoms with Gasteiger partial charge in [0.15, 0.2) is 6.21 Å². The van der Waals surface area contributed by atoms with Crippen LogP contribution >= 0.6 is 23.2 Å². The average Bonchev–Trinajstić information content (AvgIpc) is 2.17. The summed E-state index contributed by atoms with van der Waals surface area (Å²) in [6.07, 6.45) is 0.651. The Morgan fingerprint density at radius 2 is 2.27 bits per heavy atom. The quantitative estimate of drug-likeness (QED) is 0.658. The molecule has 4 nitrogen and oxygen atoms in total. The van der Waals surface area contributed by atoms with Gasteiger partial charge in [-0.2, -0.15) is 0 Å². The number of benzene rings is 1. The zero-order chi connectivity index (χ0) is 11.3. The van der Waals surface area contributed by atoms with E-state index in [0.717, 1.165) is 0 Å². The molecule has 0 aromatic heterocycles. The molecule has 1 aromatic rings. The van der Waals surface area contributed by atoms with Crippen molar-refractivity contribution in [3.63, 3.8) is 0 Å². The number of nitrogens with zero attached hydrogens (tertiary/aromatic N) is 1. The third-order valence-corrected chi connectivity index (χ3v) is 2.07. The molecule has 0 fully saturated rings. The molecule has 0 heterocycles. The van der Waals surface area contributed by atoms with E-state index in [2.05, 4.69) is 5.16 Å². The van der Waals surface area contributed by atoms with Crippen molar-refractivity contribution in [1.82, 2.24) is 0 Å². The lowest BCUT2D eigenvalue weighted by Crippen LogP contribution is -1.96. The normalized spacial score (nSPS) is 10.5. The van der Waals surface area contributed by atoms with Crippen LogP contribution in [0.25, 0.3) is 0 Å². The van der Waals surface area contributed by atoms with Crippen LogP contribution in [0.4, 0.5) is 0 Å². The molecule has 15 heavy (non-hydrogen) atoms. The van der Waals surface area contributed by atoms with Crippen LogP contribution < -0.4 is 0 Å². The Kier molecular flexibility index (Phi) is 4.39. The molecule has 0 radical (unpaired) electrons. The van der Waals surface area contributed by atoms with Gasteiger partial charge in [-0.05, 0) is 18.2 Å². The fourth-order valence-electron chi connectivity index (χ4n) is 0.843. The molecule has 1 aromatic carbocycles. The molecule has 0 amide bonds. The van der Waals surface area contributed by atoms with Gasteiger partial charge in [0.2, 0.25) is 0 Å². The van der Waals surface area contributed by atoms with E-state index in [0.29, 0.717) is 21.8 Å². The minimum Gasteiger partial charge on any atom is -0.477 e. The molecule has 0 unspecified atom stereocenters. The third kappa shape index (κ3) is 4.18. The molecule has 0 saturated heterocycles. The van der Waals surface area contributed by atoms with Gasteiger partial charge in [0, 0.05) is 15.6 Å². The van der Waals surface area contributed by atoms with E-state index in [4.69, 9.17) is 33.1 Å². The van der Waals surface area contributed by atoms with Gasteiger partial charge < -0.3 is 9.94 Å². The highest BCUT2D eigenvalue weighted by atomic mass is 35.5. The summed E-state index contributed by atoms with van der Waals surface area (Å²) in [6.45, 7) is 0.0726. The van der Waals surface area contributed by atoms with Crippen LogP contribution in [0, 0.1) is 0 Å². The van der Waals surface area contributed by atoms with Crippen LogP contribution in [0.3, 0.4) is 0 Å². The number of carbonyl (C=O) groups is 1. The molecule has 0 saturated carbocycles. The van der Waals surface area contributed by atoms with Gasteiger partial charge in [-0.3, -0.25) is 0 Å². The molecule has 0 aliphatic heterocycles. The topological polar surface area (TPSA) is 58.9 Å². The largest absolute Gasteiger partial charge is 0.477 e. The van der Waals surface area contributed by atoms with Crippen molar-refractivity contribution in [1.29, 1.82) is 0 Å². The van der Waals surface area contributed by atoms with Crippen LogP contribution in [-0.4, -0.2) is 17.3 Å². The number of halogens is 2. The number of hydrogen-bond acceptors (Lipinski definition) is 3. The highest BCUT2D eigenvalue weighted by molar-refractivity contribution is 6.33. The van der Waals surface area contributed by atoms with Crippen molar-refractivity contribution in [3.8, 4) is 0 Å². The Morgan fingerprint density at radius 1 is 1.53 bits per heavy atom. The molecular formula is C9H7Cl2NO3. The number of hydrogen-bond donors (Lipinski definition) is 1. The number of carboxylic acid groups (broad SMARTS) is 1. The fourth-order valence-corrected chi connectivity index (χ4v) is 1.21. The molecular weight excluding hydrogens is 241 g/mol. The second-order valence-electron chi connectivity index (χ2n) is 2.58. The summed E-state index contributed by atoms with van der Waals surface area (Å²) in [5.41, 5.74) is 0.645. The minimum atomic E-state index is -1.17. The first-order valence-corrected chi connectivity index (χ1v) is 4.67. The Balaban J connectivity index is 2.57. The predicted molar refractivity (Wildman–Crippen MR) is 57.4 cm³/mol. The van der Waals surface area contributed by atoms with Gasteiger partial charge >= 0.3 is 5.97 Å². The van der Waals surface area contributed by atoms with Gasteiger partial charge in [-0.25, -0.2) is 4.79 Å². The van der Waals surface area contributed by atoms with E-state index < -0.39 is 5.97 Å². The van der Waals surface area contributed by atoms with E-state index >= 15 is 0 Å². The molecule has 6 heteroatoms. The Labute approximate surface area is 96.1 Å².